The van der Waals surface area contributed by atoms with Crippen molar-refractivity contribution in [2.75, 3.05) is 119 Å². The third kappa shape index (κ3) is 44.9. The average molecular weight is 2020 g/mol. The second kappa shape index (κ2) is 60.0. The van der Waals surface area contributed by atoms with Crippen molar-refractivity contribution in [1.82, 2.24) is 0 Å². The summed E-state index contributed by atoms with van der Waals surface area (Å²) in [6.07, 6.45) is -8.86. The Bertz CT molecular complexity index is 3370. The fourth-order valence-electron chi connectivity index (χ4n) is 14.3. The molecule has 9 N–H and O–H groups in total. The highest BCUT2D eigenvalue weighted by atomic mass is 32.5. The first-order chi connectivity index (χ1) is 60.1. The summed E-state index contributed by atoms with van der Waals surface area (Å²) in [5.74, 6) is -2.39. The molecule has 6 saturated heterocycles. The van der Waals surface area contributed by atoms with Gasteiger partial charge in [-0.15, -0.1) is 0 Å². The van der Waals surface area contributed by atoms with Gasteiger partial charge in [-0.2, -0.15) is 0 Å². The molecule has 50 heteroatoms. The maximum atomic E-state index is 13.9. The Morgan fingerprint density at radius 2 is 0.606 bits per heavy atom. The minimum Gasteiger partial charge on any atom is -0.780 e. The number of unbranched alkanes of at least 4 members (excludes halogenated alkanes) is 12. The summed E-state index contributed by atoms with van der Waals surface area (Å²) in [6.45, 7) is -13.0. The van der Waals surface area contributed by atoms with Gasteiger partial charge in [-0.25, -0.2) is 0 Å². The van der Waals surface area contributed by atoms with E-state index in [-0.39, 0.29) is 147 Å². The van der Waals surface area contributed by atoms with Crippen LogP contribution in [0.2, 0.25) is 0 Å². The molecule has 0 aliphatic carbocycles. The van der Waals surface area contributed by atoms with Crippen LogP contribution in [0.5, 0.6) is 0 Å². The number of aliphatic hydroxyl groups is 9. The Labute approximate surface area is 771 Å². The molecule has 14 unspecified atom stereocenters. The van der Waals surface area contributed by atoms with Crippen molar-refractivity contribution < 1.29 is 192 Å². The van der Waals surface area contributed by atoms with Crippen molar-refractivity contribution >= 4 is 110 Å². The predicted octanol–water partition coefficient (Wildman–Crippen LogP) is 2.83. The number of aliphatic hydroxyl groups excluding tert-OH is 9. The maximum Gasteiger partial charge on any atom is 0.163 e. The molecule has 6 aliphatic rings. The summed E-state index contributed by atoms with van der Waals surface area (Å²) in [6, 6.07) is 0. The Morgan fingerprint density at radius 3 is 0.937 bits per heavy atom. The molecule has 6 aliphatic heterocycles. The lowest BCUT2D eigenvalue weighted by Crippen LogP contribution is -2.55. The molecule has 0 aromatic carbocycles. The Morgan fingerprint density at radius 1 is 0.323 bits per heavy atom. The summed E-state index contributed by atoms with van der Waals surface area (Å²) in [5.41, 5.74) is -0.418. The van der Waals surface area contributed by atoms with Crippen LogP contribution in [0, 0.1) is 23.7 Å². The number of ether oxygens (including phenoxy) is 13. The Hall–Kier alpha value is 0.780. The van der Waals surface area contributed by atoms with Crippen LogP contribution in [0.4, 0.5) is 0 Å². The molecule has 0 radical (unpaired) electrons. The lowest BCUT2D eigenvalue weighted by molar-refractivity contribution is -0.280. The molecule has 0 aromatic rings. The van der Waals surface area contributed by atoms with E-state index in [0.29, 0.717) is 77.4 Å². The first kappa shape index (κ1) is 116. The smallest absolute Gasteiger partial charge is 0.163 e. The molecule has 6 heterocycles. The normalized spacial score (nSPS) is 32.6. The van der Waals surface area contributed by atoms with E-state index in [1.807, 2.05) is 20.8 Å². The fourth-order valence-corrected chi connectivity index (χ4v) is 21.2. The first-order valence-corrected chi connectivity index (χ1v) is 56.6. The second-order valence-electron chi connectivity index (χ2n) is 33.4. The van der Waals surface area contributed by atoms with Crippen molar-refractivity contribution in [2.45, 2.75) is 331 Å². The average Bonchev–Trinajstić information content (AvgIpc) is 1.74. The van der Waals surface area contributed by atoms with Gasteiger partial charge in [0.15, 0.2) is 55.1 Å². The van der Waals surface area contributed by atoms with Crippen molar-refractivity contribution in [1.29, 1.82) is 0 Å². The second-order valence-corrected chi connectivity index (χ2v) is 47.0. The van der Waals surface area contributed by atoms with Crippen LogP contribution in [0.1, 0.15) is 203 Å². The van der Waals surface area contributed by atoms with Crippen molar-refractivity contribution in [3.8, 4) is 0 Å². The van der Waals surface area contributed by atoms with Gasteiger partial charge in [-0.3, -0.25) is 14.4 Å². The van der Waals surface area contributed by atoms with E-state index in [9.17, 15) is 84.8 Å². The van der Waals surface area contributed by atoms with E-state index in [1.54, 1.807) is 27.7 Å². The molecule has 0 saturated carbocycles. The quantitative estimate of drug-likeness (QED) is 0.0312. The highest BCUT2D eigenvalue weighted by molar-refractivity contribution is 8.07. The van der Waals surface area contributed by atoms with Crippen LogP contribution in [0.15, 0.2) is 0 Å². The molecule has 0 aromatic heterocycles. The molecular weight excluding hydrogens is 1880 g/mol. The van der Waals surface area contributed by atoms with Gasteiger partial charge in [0, 0.05) is 88.6 Å². The van der Waals surface area contributed by atoms with Crippen LogP contribution in [0.25, 0.3) is 0 Å². The zero-order valence-corrected chi connectivity index (χ0v) is 82.1. The molecule has 0 bridgehead atoms. The predicted molar refractivity (Wildman–Crippen MR) is 462 cm³/mol. The number of Topliss-reactive ketones (excluding diaryl/α,β-unsaturated/α-hetero) is 3. The van der Waals surface area contributed by atoms with Crippen molar-refractivity contribution in [3.05, 3.63) is 0 Å². The van der Waals surface area contributed by atoms with Crippen molar-refractivity contribution in [2.24, 2.45) is 23.7 Å². The topological polar surface area (TPSA) is 561 Å². The first-order valence-electron chi connectivity index (χ1n) is 43.8. The number of hydrogen-bond acceptors (Lipinski definition) is 45. The van der Waals surface area contributed by atoms with Gasteiger partial charge < -0.3 is 177 Å². The van der Waals surface area contributed by atoms with E-state index in [2.05, 4.69) is 0 Å². The molecule has 6 rings (SSSR count). The molecule has 6 fully saturated rings. The molecule has 29 atom stereocenters. The van der Waals surface area contributed by atoms with Crippen LogP contribution < -0.4 is 24.5 Å². The number of hydrogen-bond donors (Lipinski definition) is 9. The van der Waals surface area contributed by atoms with Gasteiger partial charge in [0.25, 0.3) is 0 Å². The summed E-state index contributed by atoms with van der Waals surface area (Å²) in [7, 11) is 0. The number of ketones is 3. The van der Waals surface area contributed by atoms with Crippen LogP contribution in [-0.4, -0.2) is 311 Å². The Kier molecular flexibility index (Phi) is 55.1. The molecule has 0 spiro atoms. The molecule has 0 amide bonds. The largest absolute Gasteiger partial charge is 0.780 e. The minimum atomic E-state index is -4.42. The monoisotopic (exact) mass is 2020 g/mol. The zero-order valence-electron chi connectivity index (χ0n) is 73.5. The zero-order chi connectivity index (χ0) is 93.6. The SMILES string of the molecule is CC1[C@H](OCC(=O)CCCCCCCO[C@H]2C[C@@H](OP([O-])(=S)OCCCOC(C)(C)C)C(COP([O-])(=S)OCCCOP([O-])(=S)O[C@@H]3C[C@H](OCCCCCCCC(=O)CO[C@@H]4OC(CO)[C@H](O)[C@H](O)C4C)OC3COP([O-])(=S)OCCCOP([O-])(=S)OC3C[C@H](OCCCCCCCC(=O)CO[C@@H]4OC(CO)[C@H](O)[C@H](O)C4C)O[C@@H]3CO)O2)OC(CO)[C@H](C)[C@@H]1O. The van der Waals surface area contributed by atoms with E-state index < -0.39 is 207 Å². The van der Waals surface area contributed by atoms with Gasteiger partial charge in [0.05, 0.1) is 121 Å². The molecule has 746 valence electrons. The van der Waals surface area contributed by atoms with Gasteiger partial charge in [-0.1, -0.05) is 145 Å². The summed E-state index contributed by atoms with van der Waals surface area (Å²) in [5, 5.41) is 90.0. The molecular formula is C77H138O40P5S5-5. The Balaban J connectivity index is 0.914. The summed E-state index contributed by atoms with van der Waals surface area (Å²) in [4.78, 5) is 106. The number of carbonyl (C=O) groups is 3. The van der Waals surface area contributed by atoms with Gasteiger partial charge >= 0.3 is 0 Å². The summed E-state index contributed by atoms with van der Waals surface area (Å²) >= 11 is 26.1. The van der Waals surface area contributed by atoms with Crippen LogP contribution in [0.3, 0.4) is 0 Å². The highest BCUT2D eigenvalue weighted by Gasteiger charge is 2.47. The molecule has 40 nitrogen and oxygen atoms in total. The van der Waals surface area contributed by atoms with Crippen LogP contribution in [-0.2, 0) is 180 Å². The minimum absolute atomic E-state index is 0.0291. The third-order valence-corrected chi connectivity index (χ3v) is 29.8. The molecule has 127 heavy (non-hydrogen) atoms. The maximum absolute atomic E-state index is 13.9. The fraction of sp³-hybridized carbons (Fsp3) is 0.961. The van der Waals surface area contributed by atoms with Gasteiger partial charge in [0.1, 0.15) is 96.1 Å². The standard InChI is InChI=1S/C77H143O40P5S5/c1-50-60(41-78)112-74(51(2)69(50)85)98-45-54(82)26-17-12-9-15-21-30-96-67-39-58(116-121(93,126)104-33-23-32-101-77(5,6)7)64(110-67)48-107-119(91,124)103-35-25-37-106-122(94,127)117-59-40-68(97-31-22-16-10-13-19-28-56(84)47-100-76-53(4)71(87)73(89)63(44-81)114-76)111-65(59)49-108-118(90,123)102-34-24-36-105-120(92,125)115-57-38-66(109-61(57)42-79)95-29-20-14-8-11-18-27-55(83)46-99-75-52(3)70(86)72(88)62(43-80)113-75/h50-53,57-76,78-81,85-89H,8-49H2,1-7H3,(H,90,123)(H,91,124)(H,92,125)(H,93,126)(H,94,127)/p-5/t50-,51?,52?,53?,57?,58+,59+,60?,61+,62?,63?,64?,65?,66+,67+,68+,69-,70+,71+,72-,73-,74+,75+,76+,118?,119?,120?,121?,122?/m0/s1. The number of rotatable bonds is 69. The van der Waals surface area contributed by atoms with E-state index in [0.717, 1.165) is 44.9 Å². The highest BCUT2D eigenvalue weighted by Crippen LogP contribution is 2.50. The van der Waals surface area contributed by atoms with E-state index in [1.165, 1.54) is 0 Å². The van der Waals surface area contributed by atoms with Gasteiger partial charge in [-0.05, 0) is 78.6 Å². The number of carbonyl (C=O) groups excluding carboxylic acids is 3. The van der Waals surface area contributed by atoms with Crippen LogP contribution >= 0.6 is 33.6 Å². The summed E-state index contributed by atoms with van der Waals surface area (Å²) < 4.78 is 131. The van der Waals surface area contributed by atoms with E-state index >= 15 is 0 Å². The van der Waals surface area contributed by atoms with Crippen molar-refractivity contribution in [3.63, 3.8) is 0 Å². The van der Waals surface area contributed by atoms with E-state index in [4.69, 9.17) is 166 Å². The van der Waals surface area contributed by atoms with Gasteiger partial charge in [0.2, 0.25) is 0 Å². The lowest BCUT2D eigenvalue weighted by Gasteiger charge is -2.41. The lowest BCUT2D eigenvalue weighted by atomic mass is 9.86. The third-order valence-electron chi connectivity index (χ3n) is 21.8.